The van der Waals surface area contributed by atoms with Crippen LogP contribution in [0.1, 0.15) is 73.6 Å². The predicted molar refractivity (Wildman–Crippen MR) is 79.1 cm³/mol. The Morgan fingerprint density at radius 3 is 2.12 bits per heavy atom. The molecule has 1 nitrogen and oxygen atoms in total. The lowest BCUT2D eigenvalue weighted by atomic mass is 9.72. The van der Waals surface area contributed by atoms with Gasteiger partial charge in [-0.05, 0) is 30.1 Å². The maximum Gasteiger partial charge on any atom is 0.0143 e. The molecule has 1 N–H and O–H groups in total. The van der Waals surface area contributed by atoms with Crippen LogP contribution in [0.4, 0.5) is 0 Å². The monoisotopic (exact) mass is 239 g/mol. The maximum absolute atomic E-state index is 4.16. The summed E-state index contributed by atoms with van der Waals surface area (Å²) in [4.78, 5) is 0. The van der Waals surface area contributed by atoms with E-state index in [0.717, 1.165) is 13.0 Å². The van der Waals surface area contributed by atoms with Gasteiger partial charge in [0.2, 0.25) is 0 Å². The molecule has 0 saturated carbocycles. The highest BCUT2D eigenvalue weighted by Gasteiger charge is 2.27. The van der Waals surface area contributed by atoms with Gasteiger partial charge in [0, 0.05) is 12.2 Å². The highest BCUT2D eigenvalue weighted by atomic mass is 14.9. The first-order valence-electron chi connectivity index (χ1n) is 7.14. The normalized spacial score (nSPS) is 12.6. The van der Waals surface area contributed by atoms with Crippen molar-refractivity contribution in [3.63, 3.8) is 0 Å². The van der Waals surface area contributed by atoms with Crippen LogP contribution < -0.4 is 5.32 Å². The Kier molecular flexibility index (Phi) is 6.89. The molecular formula is C16H33N. The van der Waals surface area contributed by atoms with Crippen LogP contribution >= 0.6 is 0 Å². The van der Waals surface area contributed by atoms with E-state index >= 15 is 0 Å². The van der Waals surface area contributed by atoms with Crippen LogP contribution in [0.25, 0.3) is 0 Å². The van der Waals surface area contributed by atoms with E-state index in [0.29, 0.717) is 10.8 Å². The number of allylic oxidation sites excluding steroid dienone is 1. The lowest BCUT2D eigenvalue weighted by molar-refractivity contribution is 0.185. The average molecular weight is 239 g/mol. The van der Waals surface area contributed by atoms with E-state index in [9.17, 15) is 0 Å². The molecule has 0 aromatic rings. The zero-order valence-electron chi connectivity index (χ0n) is 12.9. The summed E-state index contributed by atoms with van der Waals surface area (Å²) in [7, 11) is 0. The minimum Gasteiger partial charge on any atom is -0.389 e. The Bertz CT molecular complexity index is 226. The third kappa shape index (κ3) is 8.29. The molecule has 0 aliphatic rings. The van der Waals surface area contributed by atoms with Gasteiger partial charge in [-0.3, -0.25) is 0 Å². The van der Waals surface area contributed by atoms with Crippen LogP contribution in [0.15, 0.2) is 12.3 Å². The van der Waals surface area contributed by atoms with Crippen molar-refractivity contribution >= 4 is 0 Å². The van der Waals surface area contributed by atoms with Crippen LogP contribution in [-0.4, -0.2) is 6.54 Å². The van der Waals surface area contributed by atoms with E-state index < -0.39 is 0 Å². The van der Waals surface area contributed by atoms with Gasteiger partial charge in [0.1, 0.15) is 0 Å². The molecule has 0 aliphatic carbocycles. The molecule has 17 heavy (non-hydrogen) atoms. The summed E-state index contributed by atoms with van der Waals surface area (Å²) >= 11 is 0. The van der Waals surface area contributed by atoms with Gasteiger partial charge in [-0.2, -0.15) is 0 Å². The standard InChI is InChI=1S/C16H33N/c1-8-10-11-17-14(3)12-16(6,7)13-15(4,5)9-2/h17H,3,8-13H2,1-2,4-7H3. The molecule has 0 saturated heterocycles. The van der Waals surface area contributed by atoms with E-state index in [1.807, 2.05) is 0 Å². The third-order valence-electron chi connectivity index (χ3n) is 3.51. The number of unbranched alkanes of at least 4 members (excludes halogenated alkanes) is 1. The van der Waals surface area contributed by atoms with Crippen molar-refractivity contribution in [3.05, 3.63) is 12.3 Å². The molecular weight excluding hydrogens is 206 g/mol. The van der Waals surface area contributed by atoms with E-state index in [1.165, 1.54) is 31.4 Å². The molecule has 0 aromatic carbocycles. The van der Waals surface area contributed by atoms with Gasteiger partial charge in [0.25, 0.3) is 0 Å². The lowest BCUT2D eigenvalue weighted by Crippen LogP contribution is -2.26. The van der Waals surface area contributed by atoms with Crippen LogP contribution in [0.3, 0.4) is 0 Å². The molecule has 0 rings (SSSR count). The SMILES string of the molecule is C=C(CC(C)(C)CC(C)(C)CC)NCCCC. The number of hydrogen-bond acceptors (Lipinski definition) is 1. The Morgan fingerprint density at radius 2 is 1.65 bits per heavy atom. The second-order valence-corrected chi connectivity index (χ2v) is 6.92. The zero-order chi connectivity index (χ0) is 13.5. The molecule has 0 aliphatic heterocycles. The molecule has 0 fully saturated rings. The quantitative estimate of drug-likeness (QED) is 0.550. The second-order valence-electron chi connectivity index (χ2n) is 6.92. The predicted octanol–water partition coefficient (Wildman–Crippen LogP) is 5.13. The minimum absolute atomic E-state index is 0.343. The van der Waals surface area contributed by atoms with Gasteiger partial charge >= 0.3 is 0 Å². The summed E-state index contributed by atoms with van der Waals surface area (Å²) in [5, 5.41) is 3.45. The molecule has 0 aromatic heterocycles. The van der Waals surface area contributed by atoms with E-state index in [2.05, 4.69) is 53.4 Å². The number of rotatable bonds is 9. The summed E-state index contributed by atoms with van der Waals surface area (Å²) < 4.78 is 0. The van der Waals surface area contributed by atoms with Crippen LogP contribution in [-0.2, 0) is 0 Å². The van der Waals surface area contributed by atoms with Crippen molar-refractivity contribution in [1.29, 1.82) is 0 Å². The Labute approximate surface area is 109 Å². The Morgan fingerprint density at radius 1 is 1.06 bits per heavy atom. The van der Waals surface area contributed by atoms with Gasteiger partial charge in [-0.15, -0.1) is 0 Å². The molecule has 0 bridgehead atoms. The zero-order valence-corrected chi connectivity index (χ0v) is 12.9. The fourth-order valence-corrected chi connectivity index (χ4v) is 2.57. The number of hydrogen-bond donors (Lipinski definition) is 1. The maximum atomic E-state index is 4.16. The lowest BCUT2D eigenvalue weighted by Gasteiger charge is -2.35. The minimum atomic E-state index is 0.343. The summed E-state index contributed by atoms with van der Waals surface area (Å²) in [5.41, 5.74) is 1.98. The van der Waals surface area contributed by atoms with Gasteiger partial charge in [-0.1, -0.05) is 61.0 Å². The molecule has 0 heterocycles. The fraction of sp³-hybridized carbons (Fsp3) is 0.875. The smallest absolute Gasteiger partial charge is 0.0143 e. The summed E-state index contributed by atoms with van der Waals surface area (Å²) in [6.07, 6.45) is 6.06. The second kappa shape index (κ2) is 7.08. The fourth-order valence-electron chi connectivity index (χ4n) is 2.57. The molecule has 0 unspecified atom stereocenters. The van der Waals surface area contributed by atoms with E-state index in [4.69, 9.17) is 0 Å². The molecule has 102 valence electrons. The third-order valence-corrected chi connectivity index (χ3v) is 3.51. The van der Waals surface area contributed by atoms with Crippen LogP contribution in [0.5, 0.6) is 0 Å². The summed E-state index contributed by atoms with van der Waals surface area (Å²) in [5.74, 6) is 0. The molecule has 0 amide bonds. The van der Waals surface area contributed by atoms with Gasteiger partial charge < -0.3 is 5.32 Å². The van der Waals surface area contributed by atoms with Gasteiger partial charge in [0.15, 0.2) is 0 Å². The molecule has 0 radical (unpaired) electrons. The van der Waals surface area contributed by atoms with Crippen molar-refractivity contribution < 1.29 is 0 Å². The molecule has 0 atom stereocenters. The van der Waals surface area contributed by atoms with Gasteiger partial charge in [-0.25, -0.2) is 0 Å². The van der Waals surface area contributed by atoms with Crippen molar-refractivity contribution in [1.82, 2.24) is 5.32 Å². The highest BCUT2D eigenvalue weighted by molar-refractivity contribution is 4.97. The number of nitrogens with one attached hydrogen (secondary N) is 1. The van der Waals surface area contributed by atoms with Crippen molar-refractivity contribution in [2.24, 2.45) is 10.8 Å². The van der Waals surface area contributed by atoms with E-state index in [-0.39, 0.29) is 0 Å². The molecule has 0 spiro atoms. The van der Waals surface area contributed by atoms with Crippen molar-refractivity contribution in [2.75, 3.05) is 6.54 Å². The van der Waals surface area contributed by atoms with Crippen LogP contribution in [0.2, 0.25) is 0 Å². The first kappa shape index (κ1) is 16.5. The topological polar surface area (TPSA) is 12.0 Å². The van der Waals surface area contributed by atoms with Gasteiger partial charge in [0.05, 0.1) is 0 Å². The van der Waals surface area contributed by atoms with Crippen LogP contribution in [0, 0.1) is 10.8 Å². The molecule has 1 heteroatoms. The highest BCUT2D eigenvalue weighted by Crippen LogP contribution is 2.39. The summed E-state index contributed by atoms with van der Waals surface area (Å²) in [6.45, 7) is 19.2. The average Bonchev–Trinajstić information content (AvgIpc) is 2.15. The Hall–Kier alpha value is -0.460. The Balaban J connectivity index is 4.11. The van der Waals surface area contributed by atoms with E-state index in [1.54, 1.807) is 0 Å². The largest absolute Gasteiger partial charge is 0.389 e. The summed E-state index contributed by atoms with van der Waals surface area (Å²) in [6, 6.07) is 0. The first-order chi connectivity index (χ1) is 7.72. The van der Waals surface area contributed by atoms with Crippen molar-refractivity contribution in [3.8, 4) is 0 Å². The van der Waals surface area contributed by atoms with Crippen molar-refractivity contribution in [2.45, 2.75) is 73.6 Å². The first-order valence-corrected chi connectivity index (χ1v) is 7.14.